The zero-order valence-corrected chi connectivity index (χ0v) is 17.4. The molecule has 0 bridgehead atoms. The van der Waals surface area contributed by atoms with E-state index in [1.807, 2.05) is 25.1 Å². The van der Waals surface area contributed by atoms with Crippen molar-refractivity contribution < 1.29 is 14.6 Å². The number of aliphatic hydroxyl groups is 1. The second-order valence-electron chi connectivity index (χ2n) is 7.45. The summed E-state index contributed by atoms with van der Waals surface area (Å²) in [6, 6.07) is 9.18. The third-order valence-corrected chi connectivity index (χ3v) is 4.92. The maximum atomic E-state index is 13.1. The molecule has 4 nitrogen and oxygen atoms in total. The summed E-state index contributed by atoms with van der Waals surface area (Å²) in [5, 5.41) is 14.6. The van der Waals surface area contributed by atoms with E-state index < -0.39 is 17.2 Å². The maximum Gasteiger partial charge on any atom is 0.344 e. The second-order valence-corrected chi connectivity index (χ2v) is 7.45. The van der Waals surface area contributed by atoms with Gasteiger partial charge >= 0.3 is 5.97 Å². The van der Waals surface area contributed by atoms with Crippen molar-refractivity contribution in [3.05, 3.63) is 35.9 Å². The Hall–Kier alpha value is -1.54. The van der Waals surface area contributed by atoms with Gasteiger partial charge in [0.05, 0.1) is 6.54 Å². The maximum absolute atomic E-state index is 13.1. The van der Waals surface area contributed by atoms with Crippen LogP contribution in [0.5, 0.6) is 0 Å². The minimum atomic E-state index is -1.62. The van der Waals surface area contributed by atoms with Crippen molar-refractivity contribution in [2.24, 2.45) is 5.92 Å². The molecule has 0 spiro atoms. The van der Waals surface area contributed by atoms with Crippen LogP contribution in [0, 0.1) is 17.8 Å². The molecule has 0 radical (unpaired) electrons. The largest absolute Gasteiger partial charge is 0.444 e. The van der Waals surface area contributed by atoms with Crippen LogP contribution < -0.4 is 5.32 Å². The van der Waals surface area contributed by atoms with Gasteiger partial charge in [-0.25, -0.2) is 4.79 Å². The van der Waals surface area contributed by atoms with Crippen molar-refractivity contribution in [1.82, 2.24) is 5.32 Å². The summed E-state index contributed by atoms with van der Waals surface area (Å²) in [6.45, 7) is 6.91. The van der Waals surface area contributed by atoms with E-state index in [4.69, 9.17) is 4.74 Å². The number of hydrogen-bond donors (Lipinski definition) is 2. The topological polar surface area (TPSA) is 58.6 Å². The van der Waals surface area contributed by atoms with Crippen LogP contribution in [0.3, 0.4) is 0 Å². The average Bonchev–Trinajstić information content (AvgIpc) is 2.65. The molecule has 0 aliphatic heterocycles. The molecule has 27 heavy (non-hydrogen) atoms. The first-order valence-electron chi connectivity index (χ1n) is 9.62. The molecule has 2 N–H and O–H groups in total. The quantitative estimate of drug-likeness (QED) is 0.438. The molecule has 1 aliphatic rings. The van der Waals surface area contributed by atoms with Crippen LogP contribution in [0.25, 0.3) is 0 Å². The van der Waals surface area contributed by atoms with Crippen LogP contribution in [0.2, 0.25) is 0 Å². The molecule has 1 atom stereocenters. The van der Waals surface area contributed by atoms with E-state index in [0.717, 1.165) is 38.6 Å². The third-order valence-electron chi connectivity index (χ3n) is 4.92. The van der Waals surface area contributed by atoms with Crippen molar-refractivity contribution in [2.45, 2.75) is 64.1 Å². The molecule has 0 saturated heterocycles. The van der Waals surface area contributed by atoms with Gasteiger partial charge in [-0.3, -0.25) is 0 Å². The van der Waals surface area contributed by atoms with Gasteiger partial charge in [-0.1, -0.05) is 68.4 Å². The molecule has 1 saturated carbocycles. The number of hydrogen-bond acceptors (Lipinski definition) is 4. The smallest absolute Gasteiger partial charge is 0.344 e. The van der Waals surface area contributed by atoms with Crippen molar-refractivity contribution in [3.8, 4) is 11.8 Å². The Morgan fingerprint density at radius 2 is 1.85 bits per heavy atom. The van der Waals surface area contributed by atoms with Crippen LogP contribution in [0.1, 0.15) is 58.4 Å². The zero-order chi connectivity index (χ0) is 19.0. The van der Waals surface area contributed by atoms with Gasteiger partial charge < -0.3 is 15.2 Å². The number of carbonyl (C=O) groups excluding carboxylic acids is 1. The number of rotatable bonds is 6. The van der Waals surface area contributed by atoms with Gasteiger partial charge in [0.1, 0.15) is 0 Å². The highest BCUT2D eigenvalue weighted by molar-refractivity contribution is 5.85. The lowest BCUT2D eigenvalue weighted by Gasteiger charge is -2.38. The molecule has 1 aromatic carbocycles. The Labute approximate surface area is 169 Å². The molecule has 0 aromatic heterocycles. The predicted molar refractivity (Wildman–Crippen MR) is 111 cm³/mol. The van der Waals surface area contributed by atoms with Gasteiger partial charge in [-0.2, -0.15) is 0 Å². The highest BCUT2D eigenvalue weighted by Gasteiger charge is 2.48. The number of nitrogens with one attached hydrogen (secondary N) is 1. The fraction of sp³-hybridized carbons (Fsp3) is 0.591. The van der Waals surface area contributed by atoms with Gasteiger partial charge in [0, 0.05) is 5.92 Å². The summed E-state index contributed by atoms with van der Waals surface area (Å²) in [7, 11) is 0. The lowest BCUT2D eigenvalue weighted by molar-refractivity contribution is -0.184. The second kappa shape index (κ2) is 10.7. The summed E-state index contributed by atoms with van der Waals surface area (Å²) < 4.78 is 5.70. The molecule has 0 amide bonds. The highest BCUT2D eigenvalue weighted by Crippen LogP contribution is 2.41. The highest BCUT2D eigenvalue weighted by atomic mass is 35.5. The number of carbonyl (C=O) groups is 1. The van der Waals surface area contributed by atoms with Gasteiger partial charge in [-0.05, 0) is 38.8 Å². The average molecular weight is 394 g/mol. The summed E-state index contributed by atoms with van der Waals surface area (Å²) in [6.07, 6.45) is 4.86. The summed E-state index contributed by atoms with van der Waals surface area (Å²) in [4.78, 5) is 13.1. The van der Waals surface area contributed by atoms with Crippen LogP contribution in [-0.4, -0.2) is 29.8 Å². The standard InChI is InChI=1S/C22H31NO3.ClH/c1-4-23-17-11-16-21(2,3)26-20(24)22(25,18-12-7-5-8-13-18)19-14-9-6-10-15-19;/h5,7-8,12-13,19,23,25H,4,6,9-10,14-15,17H2,1-3H3;1H. The molecule has 150 valence electrons. The molecule has 1 aromatic rings. The summed E-state index contributed by atoms with van der Waals surface area (Å²) >= 11 is 0. The first-order chi connectivity index (χ1) is 12.4. The fourth-order valence-electron chi connectivity index (χ4n) is 3.51. The van der Waals surface area contributed by atoms with E-state index in [0.29, 0.717) is 12.1 Å². The third kappa shape index (κ3) is 6.24. The van der Waals surface area contributed by atoms with Crippen LogP contribution in [0.15, 0.2) is 30.3 Å². The molecule has 1 unspecified atom stereocenters. The van der Waals surface area contributed by atoms with Crippen LogP contribution >= 0.6 is 12.4 Å². The van der Waals surface area contributed by atoms with Gasteiger partial charge in [0.25, 0.3) is 0 Å². The molecular weight excluding hydrogens is 362 g/mol. The Bertz CT molecular complexity index is 645. The van der Waals surface area contributed by atoms with Gasteiger partial charge in [0.15, 0.2) is 11.2 Å². The summed E-state index contributed by atoms with van der Waals surface area (Å²) in [5.41, 5.74) is -1.97. The van der Waals surface area contributed by atoms with Gasteiger partial charge in [0.2, 0.25) is 0 Å². The lowest BCUT2D eigenvalue weighted by Crippen LogP contribution is -2.47. The van der Waals surface area contributed by atoms with Crippen LogP contribution in [0.4, 0.5) is 0 Å². The van der Waals surface area contributed by atoms with Gasteiger partial charge in [-0.15, -0.1) is 12.4 Å². The molecule has 5 heteroatoms. The number of halogens is 1. The number of ether oxygens (including phenoxy) is 1. The summed E-state index contributed by atoms with van der Waals surface area (Å²) in [5.74, 6) is 5.24. The van der Waals surface area contributed by atoms with Crippen molar-refractivity contribution in [1.29, 1.82) is 0 Å². The molecule has 1 aliphatic carbocycles. The minimum Gasteiger partial charge on any atom is -0.444 e. The molecule has 2 rings (SSSR count). The van der Waals surface area contributed by atoms with E-state index in [1.165, 1.54) is 0 Å². The molecular formula is C22H32ClNO3. The first kappa shape index (κ1) is 23.5. The Kier molecular flexibility index (Phi) is 9.32. The minimum absolute atomic E-state index is 0. The number of esters is 1. The number of benzene rings is 1. The Morgan fingerprint density at radius 1 is 1.22 bits per heavy atom. The molecule has 1 fully saturated rings. The van der Waals surface area contributed by atoms with Crippen molar-refractivity contribution >= 4 is 18.4 Å². The van der Waals surface area contributed by atoms with Crippen molar-refractivity contribution in [2.75, 3.05) is 13.1 Å². The van der Waals surface area contributed by atoms with Crippen molar-refractivity contribution in [3.63, 3.8) is 0 Å². The van der Waals surface area contributed by atoms with E-state index in [1.54, 1.807) is 26.0 Å². The Morgan fingerprint density at radius 3 is 2.44 bits per heavy atom. The van der Waals surface area contributed by atoms with E-state index >= 15 is 0 Å². The monoisotopic (exact) mass is 393 g/mol. The fourth-order valence-corrected chi connectivity index (χ4v) is 3.51. The SMILES string of the molecule is CCNCC#CC(C)(C)OC(=O)C(O)(c1ccccc1)C1CCCCC1.Cl. The predicted octanol–water partition coefficient (Wildman–Crippen LogP) is 3.81. The Balaban J connectivity index is 0.00000364. The van der Waals surface area contributed by atoms with E-state index in [2.05, 4.69) is 17.2 Å². The van der Waals surface area contributed by atoms with Crippen LogP contribution in [-0.2, 0) is 15.1 Å². The van der Waals surface area contributed by atoms with E-state index in [9.17, 15) is 9.90 Å². The first-order valence-corrected chi connectivity index (χ1v) is 9.62. The molecule has 0 heterocycles. The zero-order valence-electron chi connectivity index (χ0n) is 16.6. The normalized spacial score (nSPS) is 17.0. The van der Waals surface area contributed by atoms with E-state index in [-0.39, 0.29) is 18.3 Å². The lowest BCUT2D eigenvalue weighted by atomic mass is 9.73.